The second kappa shape index (κ2) is 35.6. The molecule has 0 aromatic heterocycles. The first-order valence-corrected chi connectivity index (χ1v) is 35.6. The zero-order valence-corrected chi connectivity index (χ0v) is 61.1. The molecular formula is C71H99ClF6N12O13. The lowest BCUT2D eigenvalue weighted by molar-refractivity contribution is -0.164. The number of hydrogen-bond donors (Lipinski definition) is 3. The number of ether oxygens (including phenoxy) is 1. The monoisotopic (exact) mass is 1480 g/mol. The number of benzene rings is 2. The first-order valence-electron chi connectivity index (χ1n) is 35.2. The first kappa shape index (κ1) is 82.2. The molecule has 0 radical (unpaired) electrons. The predicted molar refractivity (Wildman–Crippen MR) is 365 cm³/mol. The number of aryl methyl sites for hydroxylation is 2. The highest BCUT2D eigenvalue weighted by molar-refractivity contribution is 6.31. The average molecular weight is 1480 g/mol. The van der Waals surface area contributed by atoms with E-state index in [1.54, 1.807) is 31.2 Å². The van der Waals surface area contributed by atoms with E-state index in [0.717, 1.165) is 55.7 Å². The van der Waals surface area contributed by atoms with Gasteiger partial charge in [-0.3, -0.25) is 57.5 Å². The Labute approximate surface area is 602 Å². The van der Waals surface area contributed by atoms with E-state index < -0.39 is 186 Å². The Bertz CT molecular complexity index is 3420. The van der Waals surface area contributed by atoms with Gasteiger partial charge in [-0.25, -0.2) is 0 Å². The van der Waals surface area contributed by atoms with E-state index >= 15 is 19.2 Å². The zero-order valence-electron chi connectivity index (χ0n) is 60.4. The van der Waals surface area contributed by atoms with E-state index in [0.29, 0.717) is 49.0 Å². The topological polar surface area (TPSA) is 279 Å². The second-order valence-corrected chi connectivity index (χ2v) is 28.8. The zero-order chi connectivity index (χ0) is 76.2. The van der Waals surface area contributed by atoms with Crippen molar-refractivity contribution in [2.24, 2.45) is 11.8 Å². The number of nitrogens with zero attached hydrogens (tertiary/aromatic N) is 9. The third kappa shape index (κ3) is 20.9. The highest BCUT2D eigenvalue weighted by Gasteiger charge is 2.52. The highest BCUT2D eigenvalue weighted by Crippen LogP contribution is 2.38. The maximum absolute atomic E-state index is 15.7. The Morgan fingerprint density at radius 1 is 0.641 bits per heavy atom. The third-order valence-corrected chi connectivity index (χ3v) is 21.3. The molecule has 32 heteroatoms. The Morgan fingerprint density at radius 3 is 1.84 bits per heavy atom. The highest BCUT2D eigenvalue weighted by atomic mass is 35.5. The van der Waals surface area contributed by atoms with Crippen molar-refractivity contribution >= 4 is 82.5 Å². The number of carbonyl (C=O) groups is 12. The lowest BCUT2D eigenvalue weighted by Gasteiger charge is -2.43. The number of amides is 12. The van der Waals surface area contributed by atoms with Gasteiger partial charge in [-0.2, -0.15) is 26.3 Å². The van der Waals surface area contributed by atoms with Crippen LogP contribution in [-0.4, -0.2) is 271 Å². The van der Waals surface area contributed by atoms with E-state index in [9.17, 15) is 64.7 Å². The maximum Gasteiger partial charge on any atom is 0.417 e. The molecule has 7 rings (SSSR count). The van der Waals surface area contributed by atoms with Gasteiger partial charge in [0.15, 0.2) is 0 Å². The summed E-state index contributed by atoms with van der Waals surface area (Å²) in [7, 11) is 8.58. The van der Waals surface area contributed by atoms with Gasteiger partial charge in [0.1, 0.15) is 47.8 Å². The van der Waals surface area contributed by atoms with Gasteiger partial charge < -0.3 is 64.8 Å². The van der Waals surface area contributed by atoms with Crippen molar-refractivity contribution in [3.8, 4) is 0 Å². The largest absolute Gasteiger partial charge is 0.417 e. The summed E-state index contributed by atoms with van der Waals surface area (Å²) in [5.74, 6) is -12.1. The number of fused-ring (bicyclic) bond motifs is 1. The van der Waals surface area contributed by atoms with Gasteiger partial charge in [0.25, 0.3) is 0 Å². The van der Waals surface area contributed by atoms with Crippen molar-refractivity contribution in [1.82, 2.24) is 60.0 Å². The molecule has 5 fully saturated rings. The molecule has 1 spiro atoms. The van der Waals surface area contributed by atoms with Crippen molar-refractivity contribution in [1.29, 1.82) is 0 Å². The van der Waals surface area contributed by atoms with Crippen LogP contribution >= 0.6 is 11.6 Å². The van der Waals surface area contributed by atoms with Crippen LogP contribution in [0.5, 0.6) is 0 Å². The maximum atomic E-state index is 15.7. The Kier molecular flexibility index (Phi) is 28.4. The van der Waals surface area contributed by atoms with Crippen molar-refractivity contribution in [2.45, 2.75) is 190 Å². The fraction of sp³-hybridized carbons (Fsp3) is 0.662. The summed E-state index contributed by atoms with van der Waals surface area (Å²) in [4.78, 5) is 187. The molecule has 570 valence electrons. The van der Waals surface area contributed by atoms with Crippen molar-refractivity contribution in [2.75, 3.05) is 102 Å². The van der Waals surface area contributed by atoms with Crippen molar-refractivity contribution in [3.05, 3.63) is 69.7 Å². The minimum Gasteiger partial charge on any atom is -0.378 e. The Balaban J connectivity index is 1.31. The SMILES string of the molecule is CC[C@H](C)[C@@H]1NC(=O)[C@H](CC(F)(F)F)N(C)C(=O)C[C@@H](C(=O)N2CCOCC2)N(C)C(=O)[C@H](C2CCCCC2)N(C)C(=O)C2(CCCC2)NC(=O)C2CCCN2C(=O)[C@H](CCc2ccc(C(F)(F)F)c(Cl)c2)NC(=O)CN(C)C(=O)[C@H](Cc2ccc(C)cc2)N(C)C(=O)CN(C)C(=O)CN(C)C1=O. The van der Waals surface area contributed by atoms with Crippen LogP contribution in [0.1, 0.15) is 132 Å². The van der Waals surface area contributed by atoms with Crippen LogP contribution in [0, 0.1) is 18.8 Å². The molecule has 0 bridgehead atoms. The van der Waals surface area contributed by atoms with Gasteiger partial charge in [0.05, 0.1) is 56.3 Å². The quantitative estimate of drug-likeness (QED) is 0.271. The minimum absolute atomic E-state index is 0.00345. The van der Waals surface area contributed by atoms with Gasteiger partial charge in [-0.15, -0.1) is 0 Å². The van der Waals surface area contributed by atoms with E-state index in [2.05, 4.69) is 16.0 Å². The molecule has 3 heterocycles. The van der Waals surface area contributed by atoms with Crippen LogP contribution in [0.3, 0.4) is 0 Å². The van der Waals surface area contributed by atoms with Gasteiger partial charge in [-0.1, -0.05) is 99.9 Å². The fourth-order valence-corrected chi connectivity index (χ4v) is 14.7. The summed E-state index contributed by atoms with van der Waals surface area (Å²) in [6.07, 6.45) is -8.96. The predicted octanol–water partition coefficient (Wildman–Crippen LogP) is 4.76. The van der Waals surface area contributed by atoms with E-state index in [-0.39, 0.29) is 89.8 Å². The molecule has 2 aromatic rings. The van der Waals surface area contributed by atoms with Crippen LogP contribution in [0.2, 0.25) is 5.02 Å². The van der Waals surface area contributed by atoms with Crippen LogP contribution < -0.4 is 16.0 Å². The summed E-state index contributed by atoms with van der Waals surface area (Å²) in [5.41, 5.74) is -1.10. The first-order chi connectivity index (χ1) is 48.4. The number of morpholine rings is 1. The fourth-order valence-electron chi connectivity index (χ4n) is 14.4. The van der Waals surface area contributed by atoms with Crippen molar-refractivity contribution in [3.63, 3.8) is 0 Å². The molecule has 3 N–H and O–H groups in total. The van der Waals surface area contributed by atoms with Gasteiger partial charge >= 0.3 is 12.4 Å². The number of rotatable bonds is 10. The summed E-state index contributed by atoms with van der Waals surface area (Å²) in [5, 5.41) is 7.48. The normalized spacial score (nSPS) is 25.5. The standard InChI is InChI=1S/C71H99ClF6N12O13/c1-11-44(3)59-66(100)84(6)41-57(93)82(4)42-58(94)85(7)52(37-46-23-21-43(2)22-24-46)64(98)83(5)40-55(91)79-50(28-26-45-25-27-48(49(72)36-45)71(76,77)78)63(97)90-31-17-20-51(90)62(96)81-69(29-15-16-30-69)68(102)88(10)60(47-18-13-12-14-19-47)67(101)87(9)53(65(99)89-32-34-103-35-33-89)38-56(92)86(8)54(61(95)80-59)39-70(73,74)75/h21-25,27,36,44,47,50-54,59-60H,11-20,26,28-35,37-42H2,1-10H3,(H,79,91)(H,80,95)(H,81,96)/t44-,50-,51?,52-,53-,54-,59-,60-/m0/s1. The number of carbonyl (C=O) groups excluding carboxylic acids is 12. The third-order valence-electron chi connectivity index (χ3n) is 21.0. The molecule has 2 aromatic carbocycles. The summed E-state index contributed by atoms with van der Waals surface area (Å²) in [6, 6.07) is -1.19. The molecule has 3 saturated heterocycles. The van der Waals surface area contributed by atoms with Crippen LogP contribution in [-0.2, 0) is 81.3 Å². The Morgan fingerprint density at radius 2 is 1.24 bits per heavy atom. The van der Waals surface area contributed by atoms with E-state index in [1.807, 2.05) is 6.92 Å². The van der Waals surface area contributed by atoms with Gasteiger partial charge in [0, 0.05) is 75.4 Å². The van der Waals surface area contributed by atoms with Crippen molar-refractivity contribution < 1.29 is 88.6 Å². The number of alkyl halides is 6. The van der Waals surface area contributed by atoms with E-state index in [1.165, 1.54) is 70.0 Å². The molecule has 1 unspecified atom stereocenters. The molecular weight excluding hydrogens is 1380 g/mol. The molecule has 3 aliphatic heterocycles. The molecule has 2 aliphatic carbocycles. The molecule has 25 nitrogen and oxygen atoms in total. The number of likely N-dealkylation sites (N-methyl/N-ethyl adjacent to an activating group) is 7. The molecule has 103 heavy (non-hydrogen) atoms. The van der Waals surface area contributed by atoms with Gasteiger partial charge in [-0.05, 0) is 93.4 Å². The molecule has 5 aliphatic rings. The second-order valence-electron chi connectivity index (χ2n) is 28.4. The lowest BCUT2D eigenvalue weighted by Crippen LogP contribution is -2.65. The molecule has 8 atom stereocenters. The number of hydrogen-bond acceptors (Lipinski definition) is 13. The molecule has 2 saturated carbocycles. The van der Waals surface area contributed by atoms with Crippen LogP contribution in [0.4, 0.5) is 26.3 Å². The molecule has 12 amide bonds. The smallest absolute Gasteiger partial charge is 0.378 e. The van der Waals surface area contributed by atoms with E-state index in [4.69, 9.17) is 16.3 Å². The average Bonchev–Trinajstić information content (AvgIpc) is 1.63. The van der Waals surface area contributed by atoms with Crippen LogP contribution in [0.25, 0.3) is 0 Å². The number of halogens is 7. The summed E-state index contributed by atoms with van der Waals surface area (Å²) >= 11 is 6.13. The summed E-state index contributed by atoms with van der Waals surface area (Å²) in [6.45, 7) is 2.91. The summed E-state index contributed by atoms with van der Waals surface area (Å²) < 4.78 is 91.5. The minimum atomic E-state index is -5.12. The lowest BCUT2D eigenvalue weighted by atomic mass is 9.81. The number of nitrogens with one attached hydrogen (secondary N) is 3. The van der Waals surface area contributed by atoms with Gasteiger partial charge in [0.2, 0.25) is 70.9 Å². The Hall–Kier alpha value is -8.09. The van der Waals surface area contributed by atoms with Crippen LogP contribution in [0.15, 0.2) is 42.5 Å².